The van der Waals surface area contributed by atoms with Crippen molar-refractivity contribution in [2.24, 2.45) is 0 Å². The van der Waals surface area contributed by atoms with E-state index in [1.807, 2.05) is 0 Å². The van der Waals surface area contributed by atoms with Crippen molar-refractivity contribution in [2.75, 3.05) is 14.2 Å². The van der Waals surface area contributed by atoms with Crippen molar-refractivity contribution in [2.45, 2.75) is 13.3 Å². The van der Waals surface area contributed by atoms with Gasteiger partial charge in [0, 0.05) is 11.6 Å². The SMILES string of the molecule is COc1cc2c(c(OC)c1C(C)=O)CC(=O)O2. The van der Waals surface area contributed by atoms with Crippen LogP contribution in [-0.4, -0.2) is 26.0 Å². The Balaban J connectivity index is 2.71. The van der Waals surface area contributed by atoms with Crippen LogP contribution in [0.1, 0.15) is 22.8 Å². The van der Waals surface area contributed by atoms with E-state index in [0.29, 0.717) is 28.4 Å². The summed E-state index contributed by atoms with van der Waals surface area (Å²) in [7, 11) is 2.90. The first-order chi connectivity index (χ1) is 8.08. The normalized spacial score (nSPS) is 13.0. The minimum Gasteiger partial charge on any atom is -0.496 e. The van der Waals surface area contributed by atoms with Crippen LogP contribution in [0.2, 0.25) is 0 Å². The Morgan fingerprint density at radius 1 is 1.35 bits per heavy atom. The predicted molar refractivity (Wildman–Crippen MR) is 58.9 cm³/mol. The summed E-state index contributed by atoms with van der Waals surface area (Å²) in [4.78, 5) is 22.8. The molecule has 0 saturated heterocycles. The standard InChI is InChI=1S/C12H12O5/c1-6(13)11-9(15-2)5-8-7(12(11)16-3)4-10(14)17-8/h5H,4H2,1-3H3. The van der Waals surface area contributed by atoms with E-state index in [1.54, 1.807) is 6.07 Å². The summed E-state index contributed by atoms with van der Waals surface area (Å²) in [6.45, 7) is 1.42. The quantitative estimate of drug-likeness (QED) is 0.450. The molecule has 5 heteroatoms. The highest BCUT2D eigenvalue weighted by Gasteiger charge is 2.30. The van der Waals surface area contributed by atoms with Crippen LogP contribution in [0, 0.1) is 0 Å². The molecule has 0 radical (unpaired) electrons. The van der Waals surface area contributed by atoms with Crippen molar-refractivity contribution in [3.63, 3.8) is 0 Å². The first kappa shape index (κ1) is 11.4. The number of carbonyl (C=O) groups excluding carboxylic acids is 2. The van der Waals surface area contributed by atoms with Gasteiger partial charge >= 0.3 is 5.97 Å². The van der Waals surface area contributed by atoms with Gasteiger partial charge in [-0.2, -0.15) is 0 Å². The van der Waals surface area contributed by atoms with Gasteiger partial charge in [-0.3, -0.25) is 9.59 Å². The van der Waals surface area contributed by atoms with Crippen LogP contribution in [0.3, 0.4) is 0 Å². The highest BCUT2D eigenvalue weighted by atomic mass is 16.5. The van der Waals surface area contributed by atoms with E-state index in [9.17, 15) is 9.59 Å². The second-order valence-corrected chi connectivity index (χ2v) is 3.67. The number of Topliss-reactive ketones (excluding diaryl/α,β-unsaturated/α-hetero) is 1. The summed E-state index contributed by atoms with van der Waals surface area (Å²) in [6.07, 6.45) is 0.114. The zero-order chi connectivity index (χ0) is 12.6. The fourth-order valence-electron chi connectivity index (χ4n) is 1.93. The molecule has 1 aliphatic heterocycles. The highest BCUT2D eigenvalue weighted by molar-refractivity contribution is 6.01. The lowest BCUT2D eigenvalue weighted by molar-refractivity contribution is -0.131. The molecule has 90 valence electrons. The van der Waals surface area contributed by atoms with E-state index in [4.69, 9.17) is 14.2 Å². The summed E-state index contributed by atoms with van der Waals surface area (Å²) in [5.74, 6) is 0.566. The van der Waals surface area contributed by atoms with Crippen molar-refractivity contribution >= 4 is 11.8 Å². The molecule has 2 rings (SSSR count). The average molecular weight is 236 g/mol. The first-order valence-electron chi connectivity index (χ1n) is 5.08. The number of ether oxygens (including phenoxy) is 3. The molecule has 0 aliphatic carbocycles. The van der Waals surface area contributed by atoms with Crippen molar-refractivity contribution < 1.29 is 23.8 Å². The predicted octanol–water partition coefficient (Wildman–Crippen LogP) is 1.37. The molecule has 1 aromatic rings. The Morgan fingerprint density at radius 2 is 2.06 bits per heavy atom. The molecule has 17 heavy (non-hydrogen) atoms. The largest absolute Gasteiger partial charge is 0.496 e. The second-order valence-electron chi connectivity index (χ2n) is 3.67. The third-order valence-corrected chi connectivity index (χ3v) is 2.63. The molecular formula is C12H12O5. The molecule has 0 fully saturated rings. The lowest BCUT2D eigenvalue weighted by atomic mass is 10.0. The van der Waals surface area contributed by atoms with Gasteiger partial charge in [0.2, 0.25) is 0 Å². The third kappa shape index (κ3) is 1.73. The van der Waals surface area contributed by atoms with Gasteiger partial charge in [0.05, 0.1) is 20.6 Å². The smallest absolute Gasteiger partial charge is 0.315 e. The van der Waals surface area contributed by atoms with Gasteiger partial charge in [0.15, 0.2) is 5.78 Å². The average Bonchev–Trinajstić information content (AvgIpc) is 2.65. The molecule has 1 heterocycles. The number of carbonyl (C=O) groups is 2. The molecule has 0 N–H and O–H groups in total. The number of hydrogen-bond acceptors (Lipinski definition) is 5. The summed E-state index contributed by atoms with van der Waals surface area (Å²) in [6, 6.07) is 1.54. The Kier molecular flexibility index (Phi) is 2.75. The van der Waals surface area contributed by atoms with Crippen LogP contribution in [0.15, 0.2) is 6.07 Å². The summed E-state index contributed by atoms with van der Waals surface area (Å²) in [5, 5.41) is 0. The van der Waals surface area contributed by atoms with E-state index in [-0.39, 0.29) is 18.2 Å². The van der Waals surface area contributed by atoms with E-state index in [2.05, 4.69) is 0 Å². The number of benzene rings is 1. The Labute approximate surface area is 98.3 Å². The van der Waals surface area contributed by atoms with E-state index in [0.717, 1.165) is 0 Å². The molecule has 0 aromatic heterocycles. The minimum atomic E-state index is -0.360. The van der Waals surface area contributed by atoms with Gasteiger partial charge in [0.25, 0.3) is 0 Å². The van der Waals surface area contributed by atoms with Crippen molar-refractivity contribution in [3.05, 3.63) is 17.2 Å². The van der Waals surface area contributed by atoms with Crippen LogP contribution < -0.4 is 14.2 Å². The molecule has 5 nitrogen and oxygen atoms in total. The second kappa shape index (κ2) is 4.08. The first-order valence-corrected chi connectivity index (χ1v) is 5.08. The summed E-state index contributed by atoms with van der Waals surface area (Å²) in [5.41, 5.74) is 0.940. The molecule has 0 spiro atoms. The topological polar surface area (TPSA) is 61.8 Å². The maximum atomic E-state index is 11.6. The minimum absolute atomic E-state index is 0.114. The van der Waals surface area contributed by atoms with Gasteiger partial charge in [-0.25, -0.2) is 0 Å². The van der Waals surface area contributed by atoms with Gasteiger partial charge < -0.3 is 14.2 Å². The van der Waals surface area contributed by atoms with Crippen LogP contribution in [0.5, 0.6) is 17.2 Å². The van der Waals surface area contributed by atoms with Gasteiger partial charge in [0.1, 0.15) is 22.8 Å². The number of fused-ring (bicyclic) bond motifs is 1. The fraction of sp³-hybridized carbons (Fsp3) is 0.333. The zero-order valence-corrected chi connectivity index (χ0v) is 9.83. The van der Waals surface area contributed by atoms with Crippen molar-refractivity contribution in [3.8, 4) is 17.2 Å². The van der Waals surface area contributed by atoms with Crippen LogP contribution in [0.25, 0.3) is 0 Å². The lowest BCUT2D eigenvalue weighted by Crippen LogP contribution is -2.04. The lowest BCUT2D eigenvalue weighted by Gasteiger charge is -2.13. The van der Waals surface area contributed by atoms with Crippen LogP contribution >= 0.6 is 0 Å². The molecule has 0 saturated carbocycles. The molecule has 1 aromatic carbocycles. The van der Waals surface area contributed by atoms with E-state index < -0.39 is 0 Å². The Hall–Kier alpha value is -2.04. The van der Waals surface area contributed by atoms with Gasteiger partial charge in [-0.05, 0) is 6.92 Å². The van der Waals surface area contributed by atoms with E-state index >= 15 is 0 Å². The summed E-state index contributed by atoms with van der Waals surface area (Å²) < 4.78 is 15.3. The van der Waals surface area contributed by atoms with Crippen LogP contribution in [-0.2, 0) is 11.2 Å². The highest BCUT2D eigenvalue weighted by Crippen LogP contribution is 2.42. The molecule has 0 bridgehead atoms. The Morgan fingerprint density at radius 3 is 2.59 bits per heavy atom. The van der Waals surface area contributed by atoms with Crippen molar-refractivity contribution in [1.82, 2.24) is 0 Å². The molecule has 0 atom stereocenters. The van der Waals surface area contributed by atoms with E-state index in [1.165, 1.54) is 21.1 Å². The van der Waals surface area contributed by atoms with Crippen molar-refractivity contribution in [1.29, 1.82) is 0 Å². The molecule has 0 amide bonds. The summed E-state index contributed by atoms with van der Waals surface area (Å²) >= 11 is 0. The number of methoxy groups -OCH3 is 2. The number of ketones is 1. The Bertz CT molecular complexity index is 504. The fourth-order valence-corrected chi connectivity index (χ4v) is 1.93. The maximum absolute atomic E-state index is 11.6. The third-order valence-electron chi connectivity index (χ3n) is 2.63. The monoisotopic (exact) mass is 236 g/mol. The van der Waals surface area contributed by atoms with Crippen LogP contribution in [0.4, 0.5) is 0 Å². The zero-order valence-electron chi connectivity index (χ0n) is 9.83. The molecular weight excluding hydrogens is 224 g/mol. The molecule has 1 aliphatic rings. The number of rotatable bonds is 3. The number of esters is 1. The van der Waals surface area contributed by atoms with Gasteiger partial charge in [-0.15, -0.1) is 0 Å². The maximum Gasteiger partial charge on any atom is 0.315 e. The van der Waals surface area contributed by atoms with Gasteiger partial charge in [-0.1, -0.05) is 0 Å². The number of hydrogen-bond donors (Lipinski definition) is 0. The molecule has 0 unspecified atom stereocenters.